The second kappa shape index (κ2) is 9.99. The third-order valence-corrected chi connectivity index (χ3v) is 5.47. The summed E-state index contributed by atoms with van der Waals surface area (Å²) in [7, 11) is 0. The number of nitrogens with one attached hydrogen (secondary N) is 2. The fraction of sp³-hybridized carbons (Fsp3) is 0.524. The number of nitrogens with zero attached hydrogens (tertiary/aromatic N) is 4. The summed E-state index contributed by atoms with van der Waals surface area (Å²) in [5.41, 5.74) is 2.14. The summed E-state index contributed by atoms with van der Waals surface area (Å²) in [5, 5.41) is 10.1. The van der Waals surface area contributed by atoms with Gasteiger partial charge in [-0.3, -0.25) is 24.2 Å². The minimum absolute atomic E-state index is 0.0303. The first-order valence-corrected chi connectivity index (χ1v) is 10.8. The normalized spacial score (nSPS) is 14.9. The van der Waals surface area contributed by atoms with Gasteiger partial charge in [-0.2, -0.15) is 5.10 Å². The molecule has 9 heteroatoms. The molecule has 0 spiro atoms. The third kappa shape index (κ3) is 5.76. The maximum Gasteiger partial charge on any atom is 0.234 e. The van der Waals surface area contributed by atoms with Gasteiger partial charge in [-0.15, -0.1) is 0 Å². The second-order valence-electron chi connectivity index (χ2n) is 8.00. The monoisotopic (exact) mass is 430 g/mol. The van der Waals surface area contributed by atoms with Gasteiger partial charge < -0.3 is 10.2 Å². The van der Waals surface area contributed by atoms with E-state index in [4.69, 9.17) is 12.2 Å². The van der Waals surface area contributed by atoms with Crippen LogP contribution in [0.4, 0.5) is 0 Å². The molecule has 2 N–H and O–H groups in total. The first kappa shape index (κ1) is 22.2. The maximum atomic E-state index is 12.7. The summed E-state index contributed by atoms with van der Waals surface area (Å²) in [6.45, 7) is 9.48. The Hall–Kier alpha value is -2.52. The Labute approximate surface area is 182 Å². The van der Waals surface area contributed by atoms with E-state index in [0.717, 1.165) is 11.4 Å². The van der Waals surface area contributed by atoms with Crippen molar-refractivity contribution in [3.05, 3.63) is 34.6 Å². The number of hydrogen-bond acceptors (Lipinski definition) is 5. The Morgan fingerprint density at radius 2 is 1.83 bits per heavy atom. The molecule has 2 amide bonds. The van der Waals surface area contributed by atoms with Crippen LogP contribution in [0.15, 0.2) is 24.3 Å². The molecule has 1 saturated heterocycles. The number of aryl methyl sites for hydroxylation is 1. The van der Waals surface area contributed by atoms with Gasteiger partial charge in [0.2, 0.25) is 11.8 Å². The summed E-state index contributed by atoms with van der Waals surface area (Å²) >= 11 is 5.37. The predicted octanol–water partition coefficient (Wildman–Crippen LogP) is 1.98. The molecule has 1 fully saturated rings. The number of carbonyl (C=O) groups is 2. The fourth-order valence-electron chi connectivity index (χ4n) is 3.54. The lowest BCUT2D eigenvalue weighted by Gasteiger charge is -2.34. The number of rotatable bonds is 7. The molecule has 1 aliphatic heterocycles. The molecule has 3 rings (SSSR count). The van der Waals surface area contributed by atoms with Crippen molar-refractivity contribution in [1.29, 1.82) is 0 Å². The molecule has 1 aromatic heterocycles. The van der Waals surface area contributed by atoms with E-state index in [2.05, 4.69) is 20.4 Å². The van der Waals surface area contributed by atoms with E-state index in [-0.39, 0.29) is 17.9 Å². The number of benzene rings is 1. The van der Waals surface area contributed by atoms with Crippen molar-refractivity contribution in [3.63, 3.8) is 0 Å². The van der Waals surface area contributed by atoms with Gasteiger partial charge >= 0.3 is 0 Å². The van der Waals surface area contributed by atoms with Gasteiger partial charge in [-0.05, 0) is 33.0 Å². The lowest BCUT2D eigenvalue weighted by atomic mass is 10.1. The lowest BCUT2D eigenvalue weighted by molar-refractivity contribution is -0.133. The van der Waals surface area contributed by atoms with Crippen molar-refractivity contribution >= 4 is 24.0 Å². The van der Waals surface area contributed by atoms with Gasteiger partial charge in [0.05, 0.1) is 6.54 Å². The maximum absolute atomic E-state index is 12.7. The van der Waals surface area contributed by atoms with Crippen LogP contribution in [-0.2, 0) is 16.1 Å². The van der Waals surface area contributed by atoms with Gasteiger partial charge in [0.15, 0.2) is 10.6 Å². The second-order valence-corrected chi connectivity index (χ2v) is 8.39. The molecule has 162 valence electrons. The van der Waals surface area contributed by atoms with Gasteiger partial charge in [-0.25, -0.2) is 0 Å². The highest BCUT2D eigenvalue weighted by Gasteiger charge is 2.22. The van der Waals surface area contributed by atoms with Crippen molar-refractivity contribution < 1.29 is 9.59 Å². The Bertz CT molecular complexity index is 926. The van der Waals surface area contributed by atoms with Crippen molar-refractivity contribution in [1.82, 2.24) is 29.9 Å². The summed E-state index contributed by atoms with van der Waals surface area (Å²) in [6, 6.07) is 8.22. The van der Waals surface area contributed by atoms with Crippen LogP contribution in [0.5, 0.6) is 0 Å². The summed E-state index contributed by atoms with van der Waals surface area (Å²) in [4.78, 5) is 28.6. The molecule has 2 aromatic rings. The van der Waals surface area contributed by atoms with Crippen molar-refractivity contribution in [2.45, 2.75) is 39.8 Å². The number of H-pyrrole nitrogens is 1. The molecule has 0 atom stereocenters. The van der Waals surface area contributed by atoms with E-state index >= 15 is 0 Å². The Balaban J connectivity index is 1.52. The van der Waals surface area contributed by atoms with E-state index in [1.807, 2.05) is 54.5 Å². The zero-order valence-electron chi connectivity index (χ0n) is 17.9. The van der Waals surface area contributed by atoms with E-state index in [1.165, 1.54) is 5.56 Å². The van der Waals surface area contributed by atoms with Crippen LogP contribution in [-0.4, -0.2) is 75.1 Å². The zero-order chi connectivity index (χ0) is 21.7. The Morgan fingerprint density at radius 3 is 2.47 bits per heavy atom. The quantitative estimate of drug-likeness (QED) is 0.656. The molecule has 0 radical (unpaired) electrons. The SMILES string of the molecule is Cc1ccc(-c2n[nH]c(=S)n2CCC(=O)N2CCN(CC(=O)NC(C)C)CC2)cc1. The summed E-state index contributed by atoms with van der Waals surface area (Å²) in [5.74, 6) is 0.871. The molecular formula is C21H30N6O2S. The van der Waals surface area contributed by atoms with Gasteiger partial charge in [-0.1, -0.05) is 29.8 Å². The molecule has 8 nitrogen and oxygen atoms in total. The largest absolute Gasteiger partial charge is 0.353 e. The number of aromatic nitrogens is 3. The average molecular weight is 431 g/mol. The average Bonchev–Trinajstić information content (AvgIpc) is 3.07. The van der Waals surface area contributed by atoms with Gasteiger partial charge in [0.1, 0.15) is 0 Å². The van der Waals surface area contributed by atoms with E-state index in [0.29, 0.717) is 50.5 Å². The molecule has 1 aliphatic rings. The van der Waals surface area contributed by atoms with Crippen LogP contribution in [0.2, 0.25) is 0 Å². The molecule has 1 aromatic carbocycles. The molecule has 0 saturated carbocycles. The van der Waals surface area contributed by atoms with Crippen LogP contribution < -0.4 is 5.32 Å². The highest BCUT2D eigenvalue weighted by molar-refractivity contribution is 7.71. The number of amides is 2. The number of aromatic amines is 1. The molecule has 30 heavy (non-hydrogen) atoms. The van der Waals surface area contributed by atoms with Crippen LogP contribution >= 0.6 is 12.2 Å². The van der Waals surface area contributed by atoms with E-state index in [1.54, 1.807) is 0 Å². The number of hydrogen-bond donors (Lipinski definition) is 2. The van der Waals surface area contributed by atoms with E-state index in [9.17, 15) is 9.59 Å². The molecule has 0 unspecified atom stereocenters. The smallest absolute Gasteiger partial charge is 0.234 e. The minimum Gasteiger partial charge on any atom is -0.353 e. The van der Waals surface area contributed by atoms with Gasteiger partial charge in [0.25, 0.3) is 0 Å². The zero-order valence-corrected chi connectivity index (χ0v) is 18.7. The lowest BCUT2D eigenvalue weighted by Crippen LogP contribution is -2.51. The van der Waals surface area contributed by atoms with Crippen LogP contribution in [0.3, 0.4) is 0 Å². The first-order valence-electron chi connectivity index (χ1n) is 10.3. The topological polar surface area (TPSA) is 86.3 Å². The summed E-state index contributed by atoms with van der Waals surface area (Å²) in [6.07, 6.45) is 0.362. The summed E-state index contributed by atoms with van der Waals surface area (Å²) < 4.78 is 2.39. The standard InChI is InChI=1S/C21H30N6O2S/c1-15(2)22-18(28)14-25-10-12-26(13-11-25)19(29)8-9-27-20(23-24-21(27)30)17-6-4-16(3)5-7-17/h4-7,15H,8-14H2,1-3H3,(H,22,28)(H,24,30). The molecular weight excluding hydrogens is 400 g/mol. The van der Waals surface area contributed by atoms with E-state index < -0.39 is 0 Å². The van der Waals surface area contributed by atoms with Gasteiger partial charge in [0, 0.05) is 50.7 Å². The Morgan fingerprint density at radius 1 is 1.17 bits per heavy atom. The van der Waals surface area contributed by atoms with Crippen LogP contribution in [0, 0.1) is 11.7 Å². The molecule has 2 heterocycles. The highest BCUT2D eigenvalue weighted by Crippen LogP contribution is 2.18. The van der Waals surface area contributed by atoms with Crippen molar-refractivity contribution in [3.8, 4) is 11.4 Å². The molecule has 0 bridgehead atoms. The van der Waals surface area contributed by atoms with Crippen molar-refractivity contribution in [2.75, 3.05) is 32.7 Å². The molecule has 0 aliphatic carbocycles. The minimum atomic E-state index is 0.0303. The fourth-order valence-corrected chi connectivity index (χ4v) is 3.76. The van der Waals surface area contributed by atoms with Crippen molar-refractivity contribution in [2.24, 2.45) is 0 Å². The third-order valence-electron chi connectivity index (χ3n) is 5.16. The first-order chi connectivity index (χ1) is 14.3. The van der Waals surface area contributed by atoms with Crippen LogP contribution in [0.25, 0.3) is 11.4 Å². The van der Waals surface area contributed by atoms with Crippen LogP contribution in [0.1, 0.15) is 25.8 Å². The number of carbonyl (C=O) groups excluding carboxylic acids is 2. The number of piperazine rings is 1. The predicted molar refractivity (Wildman–Crippen MR) is 119 cm³/mol. The Kier molecular flexibility index (Phi) is 7.38. The highest BCUT2D eigenvalue weighted by atomic mass is 32.1.